The molecule has 0 unspecified atom stereocenters. The van der Waals surface area contributed by atoms with Crippen LogP contribution in [0.5, 0.6) is 0 Å². The minimum absolute atomic E-state index is 0.0659. The van der Waals surface area contributed by atoms with Gasteiger partial charge in [-0.15, -0.1) is 11.3 Å². The number of non-ortho nitro benzene ring substituents is 1. The number of thiophene rings is 1. The Morgan fingerprint density at radius 3 is 2.48 bits per heavy atom. The number of nitro groups is 1. The van der Waals surface area contributed by atoms with E-state index in [9.17, 15) is 19.7 Å². The Bertz CT molecular complexity index is 1250. The number of anilines is 1. The van der Waals surface area contributed by atoms with Crippen LogP contribution in [0.15, 0.2) is 48.5 Å². The highest BCUT2D eigenvalue weighted by Crippen LogP contribution is 2.41. The number of nitrogens with zero attached hydrogens (tertiary/aromatic N) is 1. The molecule has 1 amide bonds. The van der Waals surface area contributed by atoms with Crippen molar-refractivity contribution in [2.75, 3.05) is 11.9 Å². The molecule has 1 N–H and O–H groups in total. The Labute approximate surface area is 203 Å². The van der Waals surface area contributed by atoms with Crippen molar-refractivity contribution in [3.8, 4) is 11.1 Å². The average molecular weight is 505 g/mol. The maximum Gasteiger partial charge on any atom is 0.341 e. The van der Waals surface area contributed by atoms with E-state index < -0.39 is 16.8 Å². The number of carbonyl (C=O) groups is 2. The molecule has 2 aromatic carbocycles. The summed E-state index contributed by atoms with van der Waals surface area (Å²) in [5.41, 5.74) is 1.88. The maximum absolute atomic E-state index is 12.8. The molecule has 1 heterocycles. The standard InChI is InChI=1S/C23H18Cl2N2O5S/c1-3-32-23(29)21-20(15-5-9-17(10-6-15)27(30)31)13(2)33-22(21)26-19(28)11-7-14-4-8-16(24)12-18(14)25/h4-12H,3H2,1-2H3,(H,26,28)/b11-7+. The number of carbonyl (C=O) groups excluding carboxylic acids is 2. The van der Waals surface area contributed by atoms with E-state index in [1.54, 1.807) is 44.2 Å². The first-order valence-corrected chi connectivity index (χ1v) is 11.3. The normalized spacial score (nSPS) is 10.9. The monoisotopic (exact) mass is 504 g/mol. The van der Waals surface area contributed by atoms with Gasteiger partial charge in [-0.1, -0.05) is 29.3 Å². The van der Waals surface area contributed by atoms with Gasteiger partial charge in [0, 0.05) is 38.7 Å². The fourth-order valence-corrected chi connectivity index (χ4v) is 4.62. The number of esters is 1. The molecular formula is C23H18Cl2N2O5S. The van der Waals surface area contributed by atoms with Crippen LogP contribution in [0.2, 0.25) is 10.0 Å². The highest BCUT2D eigenvalue weighted by Gasteiger charge is 2.25. The Hall–Kier alpha value is -3.20. The molecule has 3 rings (SSSR count). The smallest absolute Gasteiger partial charge is 0.341 e. The fourth-order valence-electron chi connectivity index (χ4n) is 3.08. The van der Waals surface area contributed by atoms with Crippen LogP contribution in [-0.2, 0) is 9.53 Å². The molecule has 0 atom stereocenters. The molecular weight excluding hydrogens is 487 g/mol. The van der Waals surface area contributed by atoms with Crippen LogP contribution in [0.4, 0.5) is 10.7 Å². The Balaban J connectivity index is 1.95. The summed E-state index contributed by atoms with van der Waals surface area (Å²) in [7, 11) is 0. The molecule has 0 bridgehead atoms. The van der Waals surface area contributed by atoms with Crippen molar-refractivity contribution >= 4 is 63.2 Å². The van der Waals surface area contributed by atoms with Crippen LogP contribution >= 0.6 is 34.5 Å². The zero-order valence-electron chi connectivity index (χ0n) is 17.6. The molecule has 3 aromatic rings. The summed E-state index contributed by atoms with van der Waals surface area (Å²) in [5.74, 6) is -1.07. The number of nitrogens with one attached hydrogen (secondary N) is 1. The van der Waals surface area contributed by atoms with Crippen molar-refractivity contribution in [3.63, 3.8) is 0 Å². The van der Waals surface area contributed by atoms with Gasteiger partial charge in [0.1, 0.15) is 10.6 Å². The van der Waals surface area contributed by atoms with Crippen LogP contribution in [0.3, 0.4) is 0 Å². The first-order chi connectivity index (χ1) is 15.7. The van der Waals surface area contributed by atoms with Gasteiger partial charge in [0.2, 0.25) is 5.91 Å². The summed E-state index contributed by atoms with van der Waals surface area (Å²) in [6.45, 7) is 3.62. The summed E-state index contributed by atoms with van der Waals surface area (Å²) in [6.07, 6.45) is 2.83. The van der Waals surface area contributed by atoms with E-state index in [1.807, 2.05) is 0 Å². The number of hydrogen-bond donors (Lipinski definition) is 1. The average Bonchev–Trinajstić information content (AvgIpc) is 3.08. The van der Waals surface area contributed by atoms with Gasteiger partial charge in [-0.05, 0) is 55.3 Å². The minimum Gasteiger partial charge on any atom is -0.462 e. The van der Waals surface area contributed by atoms with Gasteiger partial charge in [0.05, 0.1) is 11.5 Å². The van der Waals surface area contributed by atoms with E-state index >= 15 is 0 Å². The third-order valence-electron chi connectivity index (χ3n) is 4.54. The molecule has 10 heteroatoms. The van der Waals surface area contributed by atoms with Crippen molar-refractivity contribution in [2.45, 2.75) is 13.8 Å². The first kappa shape index (κ1) is 24.4. The molecule has 0 fully saturated rings. The van der Waals surface area contributed by atoms with E-state index in [0.717, 1.165) is 4.88 Å². The lowest BCUT2D eigenvalue weighted by Crippen LogP contribution is -2.12. The topological polar surface area (TPSA) is 98.5 Å². The summed E-state index contributed by atoms with van der Waals surface area (Å²) in [4.78, 5) is 36.6. The predicted molar refractivity (Wildman–Crippen MR) is 131 cm³/mol. The van der Waals surface area contributed by atoms with Crippen LogP contribution in [-0.4, -0.2) is 23.4 Å². The van der Waals surface area contributed by atoms with Gasteiger partial charge < -0.3 is 10.1 Å². The lowest BCUT2D eigenvalue weighted by atomic mass is 10.0. The molecule has 33 heavy (non-hydrogen) atoms. The van der Waals surface area contributed by atoms with Crippen molar-refractivity contribution in [1.29, 1.82) is 0 Å². The van der Waals surface area contributed by atoms with Crippen molar-refractivity contribution in [3.05, 3.63) is 84.7 Å². The zero-order chi connectivity index (χ0) is 24.1. The van der Waals surface area contributed by atoms with Crippen molar-refractivity contribution in [2.24, 2.45) is 0 Å². The Kier molecular flexibility index (Phi) is 7.86. The number of benzene rings is 2. The fraction of sp³-hybridized carbons (Fsp3) is 0.130. The molecule has 0 aliphatic carbocycles. The van der Waals surface area contributed by atoms with Crippen LogP contribution in [0.25, 0.3) is 17.2 Å². The number of aryl methyl sites for hydroxylation is 1. The first-order valence-electron chi connectivity index (χ1n) is 9.70. The van der Waals surface area contributed by atoms with E-state index in [2.05, 4.69) is 5.32 Å². The second kappa shape index (κ2) is 10.6. The third kappa shape index (κ3) is 5.78. The molecule has 0 saturated heterocycles. The quantitative estimate of drug-likeness (QED) is 0.165. The number of ether oxygens (including phenoxy) is 1. The second-order valence-corrected chi connectivity index (χ2v) is 8.82. The number of halogens is 2. The van der Waals surface area contributed by atoms with Gasteiger partial charge in [-0.3, -0.25) is 14.9 Å². The van der Waals surface area contributed by atoms with Crippen molar-refractivity contribution in [1.82, 2.24) is 0 Å². The molecule has 0 saturated carbocycles. The second-order valence-electron chi connectivity index (χ2n) is 6.75. The minimum atomic E-state index is -0.602. The van der Waals surface area contributed by atoms with Crippen LogP contribution < -0.4 is 5.32 Å². The molecule has 0 radical (unpaired) electrons. The molecule has 0 aliphatic heterocycles. The maximum atomic E-state index is 12.8. The van der Waals surface area contributed by atoms with E-state index in [4.69, 9.17) is 27.9 Å². The summed E-state index contributed by atoms with van der Waals surface area (Å²) in [5, 5.41) is 14.9. The summed E-state index contributed by atoms with van der Waals surface area (Å²) < 4.78 is 5.20. The predicted octanol–water partition coefficient (Wildman–Crippen LogP) is 6.77. The SMILES string of the molecule is CCOC(=O)c1c(NC(=O)/C=C/c2ccc(Cl)cc2Cl)sc(C)c1-c1ccc([N+](=O)[O-])cc1. The number of hydrogen-bond acceptors (Lipinski definition) is 6. The van der Waals surface area contributed by atoms with Crippen LogP contribution in [0.1, 0.15) is 27.7 Å². The van der Waals surface area contributed by atoms with Gasteiger partial charge in [0.15, 0.2) is 0 Å². The lowest BCUT2D eigenvalue weighted by molar-refractivity contribution is -0.384. The summed E-state index contributed by atoms with van der Waals surface area (Å²) in [6, 6.07) is 10.7. The molecule has 170 valence electrons. The summed E-state index contributed by atoms with van der Waals surface area (Å²) >= 11 is 13.2. The lowest BCUT2D eigenvalue weighted by Gasteiger charge is -2.08. The van der Waals surface area contributed by atoms with Gasteiger partial charge in [-0.2, -0.15) is 0 Å². The van der Waals surface area contributed by atoms with Gasteiger partial charge in [-0.25, -0.2) is 4.79 Å². The molecule has 7 nitrogen and oxygen atoms in total. The number of nitro benzene ring substituents is 1. The Morgan fingerprint density at radius 2 is 1.88 bits per heavy atom. The van der Waals surface area contributed by atoms with Gasteiger partial charge in [0.25, 0.3) is 5.69 Å². The van der Waals surface area contributed by atoms with E-state index in [1.165, 1.54) is 35.6 Å². The Morgan fingerprint density at radius 1 is 1.18 bits per heavy atom. The third-order valence-corrected chi connectivity index (χ3v) is 6.13. The molecule has 1 aromatic heterocycles. The van der Waals surface area contributed by atoms with Crippen molar-refractivity contribution < 1.29 is 19.2 Å². The molecule has 0 spiro atoms. The number of amides is 1. The largest absolute Gasteiger partial charge is 0.462 e. The zero-order valence-corrected chi connectivity index (χ0v) is 19.9. The van der Waals surface area contributed by atoms with E-state index in [-0.39, 0.29) is 17.9 Å². The highest BCUT2D eigenvalue weighted by atomic mass is 35.5. The van der Waals surface area contributed by atoms with Gasteiger partial charge >= 0.3 is 5.97 Å². The van der Waals surface area contributed by atoms with Crippen LogP contribution in [0, 0.1) is 17.0 Å². The van der Waals surface area contributed by atoms with E-state index in [0.29, 0.717) is 31.7 Å². The molecule has 0 aliphatic rings. The highest BCUT2D eigenvalue weighted by molar-refractivity contribution is 7.17. The number of rotatable bonds is 7.